The second-order valence-electron chi connectivity index (χ2n) is 2.10. The van der Waals surface area contributed by atoms with Crippen LogP contribution < -0.4 is 5.73 Å². The monoisotopic (exact) mass is 126 g/mol. The summed E-state index contributed by atoms with van der Waals surface area (Å²) in [4.78, 5) is 3.92. The number of aromatic nitrogens is 1. The minimum absolute atomic E-state index is 0.0984. The standard InChI is InChI=1S/C6H10N2O/c1-4-3-8-6(9-4)5(2)7/h3,5H,7H2,1-2H3/t5-/m1/s1. The molecule has 0 aliphatic rings. The van der Waals surface area contributed by atoms with E-state index in [1.807, 2.05) is 13.8 Å². The Hall–Kier alpha value is -0.830. The summed E-state index contributed by atoms with van der Waals surface area (Å²) < 4.78 is 5.11. The maximum atomic E-state index is 5.47. The van der Waals surface area contributed by atoms with Crippen LogP contribution in [-0.4, -0.2) is 4.98 Å². The van der Waals surface area contributed by atoms with Crippen LogP contribution in [0.25, 0.3) is 0 Å². The molecule has 0 saturated carbocycles. The van der Waals surface area contributed by atoms with Crippen molar-refractivity contribution in [3.63, 3.8) is 0 Å². The summed E-state index contributed by atoms with van der Waals surface area (Å²) >= 11 is 0. The van der Waals surface area contributed by atoms with Crippen LogP contribution in [0.5, 0.6) is 0 Å². The Morgan fingerprint density at radius 3 is 2.67 bits per heavy atom. The van der Waals surface area contributed by atoms with Crippen LogP contribution in [0.2, 0.25) is 0 Å². The highest BCUT2D eigenvalue weighted by Gasteiger charge is 2.03. The lowest BCUT2D eigenvalue weighted by Gasteiger charge is -1.94. The van der Waals surface area contributed by atoms with E-state index in [1.54, 1.807) is 6.20 Å². The van der Waals surface area contributed by atoms with Gasteiger partial charge >= 0.3 is 0 Å². The molecule has 2 N–H and O–H groups in total. The van der Waals surface area contributed by atoms with Gasteiger partial charge < -0.3 is 10.2 Å². The minimum Gasteiger partial charge on any atom is -0.444 e. The Labute approximate surface area is 53.9 Å². The Morgan fingerprint density at radius 1 is 1.78 bits per heavy atom. The van der Waals surface area contributed by atoms with Gasteiger partial charge in [-0.3, -0.25) is 0 Å². The number of oxazole rings is 1. The first-order valence-electron chi connectivity index (χ1n) is 2.88. The van der Waals surface area contributed by atoms with Gasteiger partial charge in [0, 0.05) is 0 Å². The van der Waals surface area contributed by atoms with E-state index in [0.29, 0.717) is 5.89 Å². The van der Waals surface area contributed by atoms with E-state index < -0.39 is 0 Å². The number of rotatable bonds is 1. The summed E-state index contributed by atoms with van der Waals surface area (Å²) in [7, 11) is 0. The number of hydrogen-bond donors (Lipinski definition) is 1. The molecule has 0 aromatic carbocycles. The predicted molar refractivity (Wildman–Crippen MR) is 33.8 cm³/mol. The highest BCUT2D eigenvalue weighted by Crippen LogP contribution is 2.07. The van der Waals surface area contributed by atoms with Crippen molar-refractivity contribution in [1.29, 1.82) is 0 Å². The van der Waals surface area contributed by atoms with Crippen molar-refractivity contribution in [2.75, 3.05) is 0 Å². The molecule has 0 aliphatic heterocycles. The fourth-order valence-corrected chi connectivity index (χ4v) is 0.583. The number of aryl methyl sites for hydroxylation is 1. The highest BCUT2D eigenvalue weighted by atomic mass is 16.4. The van der Waals surface area contributed by atoms with Crippen molar-refractivity contribution in [2.24, 2.45) is 5.73 Å². The van der Waals surface area contributed by atoms with Crippen molar-refractivity contribution in [2.45, 2.75) is 19.9 Å². The van der Waals surface area contributed by atoms with Crippen molar-refractivity contribution >= 4 is 0 Å². The topological polar surface area (TPSA) is 52.0 Å². The molecule has 1 aromatic heterocycles. The predicted octanol–water partition coefficient (Wildman–Crippen LogP) is 1.00. The van der Waals surface area contributed by atoms with Gasteiger partial charge in [-0.2, -0.15) is 0 Å². The van der Waals surface area contributed by atoms with Crippen molar-refractivity contribution < 1.29 is 4.42 Å². The summed E-state index contributed by atoms with van der Waals surface area (Å²) in [6, 6.07) is -0.0984. The van der Waals surface area contributed by atoms with Crippen molar-refractivity contribution in [1.82, 2.24) is 4.98 Å². The lowest BCUT2D eigenvalue weighted by atomic mass is 10.4. The molecule has 3 heteroatoms. The summed E-state index contributed by atoms with van der Waals surface area (Å²) in [6.45, 7) is 3.68. The molecule has 1 atom stereocenters. The second kappa shape index (κ2) is 2.19. The van der Waals surface area contributed by atoms with Gasteiger partial charge in [-0.15, -0.1) is 0 Å². The van der Waals surface area contributed by atoms with Crippen LogP contribution in [0.3, 0.4) is 0 Å². The third-order valence-electron chi connectivity index (χ3n) is 1.03. The van der Waals surface area contributed by atoms with Crippen LogP contribution in [0, 0.1) is 6.92 Å². The van der Waals surface area contributed by atoms with E-state index in [0.717, 1.165) is 5.76 Å². The van der Waals surface area contributed by atoms with Gasteiger partial charge in [0.05, 0.1) is 12.2 Å². The first-order valence-corrected chi connectivity index (χ1v) is 2.88. The summed E-state index contributed by atoms with van der Waals surface area (Å²) in [6.07, 6.45) is 1.67. The molecule has 1 heterocycles. The third-order valence-corrected chi connectivity index (χ3v) is 1.03. The van der Waals surface area contributed by atoms with Crippen molar-refractivity contribution in [3.8, 4) is 0 Å². The first-order chi connectivity index (χ1) is 4.20. The minimum atomic E-state index is -0.0984. The molecule has 0 bridgehead atoms. The molecule has 0 aliphatic carbocycles. The molecule has 1 aromatic rings. The highest BCUT2D eigenvalue weighted by molar-refractivity contribution is 4.93. The fourth-order valence-electron chi connectivity index (χ4n) is 0.583. The average Bonchev–Trinajstić information content (AvgIpc) is 2.14. The molecule has 0 spiro atoms. The average molecular weight is 126 g/mol. The molecular formula is C6H10N2O. The van der Waals surface area contributed by atoms with E-state index in [4.69, 9.17) is 10.2 Å². The SMILES string of the molecule is Cc1cnc([C@@H](C)N)o1. The summed E-state index contributed by atoms with van der Waals surface area (Å²) in [5.74, 6) is 1.41. The zero-order valence-electron chi connectivity index (χ0n) is 5.59. The molecule has 0 unspecified atom stereocenters. The maximum Gasteiger partial charge on any atom is 0.210 e. The van der Waals surface area contributed by atoms with E-state index in [-0.39, 0.29) is 6.04 Å². The molecule has 50 valence electrons. The molecule has 0 amide bonds. The van der Waals surface area contributed by atoms with Gasteiger partial charge in [-0.05, 0) is 13.8 Å². The molecule has 3 nitrogen and oxygen atoms in total. The Balaban J connectivity index is 2.85. The molecule has 1 rings (SSSR count). The van der Waals surface area contributed by atoms with Gasteiger partial charge in [-0.25, -0.2) is 4.98 Å². The van der Waals surface area contributed by atoms with E-state index >= 15 is 0 Å². The summed E-state index contributed by atoms with van der Waals surface area (Å²) in [5, 5.41) is 0. The second-order valence-corrected chi connectivity index (χ2v) is 2.10. The largest absolute Gasteiger partial charge is 0.444 e. The Kier molecular flexibility index (Phi) is 1.53. The van der Waals surface area contributed by atoms with Crippen LogP contribution in [0.15, 0.2) is 10.6 Å². The number of hydrogen-bond acceptors (Lipinski definition) is 3. The van der Waals surface area contributed by atoms with E-state index in [9.17, 15) is 0 Å². The lowest BCUT2D eigenvalue weighted by Crippen LogP contribution is -2.04. The van der Waals surface area contributed by atoms with Crippen molar-refractivity contribution in [3.05, 3.63) is 17.8 Å². The Bertz CT molecular complexity index is 193. The van der Waals surface area contributed by atoms with Gasteiger partial charge in [-0.1, -0.05) is 0 Å². The van der Waals surface area contributed by atoms with Gasteiger partial charge in [0.1, 0.15) is 5.76 Å². The summed E-state index contributed by atoms with van der Waals surface area (Å²) in [5.41, 5.74) is 5.47. The van der Waals surface area contributed by atoms with Crippen LogP contribution in [0.1, 0.15) is 24.6 Å². The van der Waals surface area contributed by atoms with E-state index in [1.165, 1.54) is 0 Å². The third kappa shape index (κ3) is 1.29. The zero-order chi connectivity index (χ0) is 6.85. The maximum absolute atomic E-state index is 5.47. The number of nitrogens with two attached hydrogens (primary N) is 1. The molecule has 0 saturated heterocycles. The fraction of sp³-hybridized carbons (Fsp3) is 0.500. The van der Waals surface area contributed by atoms with Crippen LogP contribution >= 0.6 is 0 Å². The smallest absolute Gasteiger partial charge is 0.210 e. The Morgan fingerprint density at radius 2 is 2.44 bits per heavy atom. The molecule has 9 heavy (non-hydrogen) atoms. The molecular weight excluding hydrogens is 116 g/mol. The van der Waals surface area contributed by atoms with Gasteiger partial charge in [0.15, 0.2) is 0 Å². The normalized spacial score (nSPS) is 13.7. The number of nitrogens with zero attached hydrogens (tertiary/aromatic N) is 1. The van der Waals surface area contributed by atoms with Crippen LogP contribution in [-0.2, 0) is 0 Å². The molecule has 0 radical (unpaired) electrons. The zero-order valence-corrected chi connectivity index (χ0v) is 5.59. The van der Waals surface area contributed by atoms with Gasteiger partial charge in [0.2, 0.25) is 5.89 Å². The first kappa shape index (κ1) is 6.29. The lowest BCUT2D eigenvalue weighted by molar-refractivity contribution is 0.444. The van der Waals surface area contributed by atoms with E-state index in [2.05, 4.69) is 4.98 Å². The molecule has 0 fully saturated rings. The quantitative estimate of drug-likeness (QED) is 0.610. The van der Waals surface area contributed by atoms with Gasteiger partial charge in [0.25, 0.3) is 0 Å². The van der Waals surface area contributed by atoms with Crippen LogP contribution in [0.4, 0.5) is 0 Å².